The lowest BCUT2D eigenvalue weighted by Gasteiger charge is -2.29. The van der Waals surface area contributed by atoms with Gasteiger partial charge in [0.15, 0.2) is 0 Å². The number of hydrogen-bond acceptors (Lipinski definition) is 4. The average molecular weight is 287 g/mol. The molecule has 1 fully saturated rings. The summed E-state index contributed by atoms with van der Waals surface area (Å²) in [4.78, 5) is 1.37. The summed E-state index contributed by atoms with van der Waals surface area (Å²) in [6, 6.07) is 4.60. The zero-order chi connectivity index (χ0) is 13.2. The fraction of sp³-hybridized carbons (Fsp3) is 0.692. The molecule has 0 atom stereocenters. The van der Waals surface area contributed by atoms with E-state index in [4.69, 9.17) is 0 Å². The molecule has 1 aromatic heterocycles. The van der Waals surface area contributed by atoms with Gasteiger partial charge in [0.2, 0.25) is 0 Å². The summed E-state index contributed by atoms with van der Waals surface area (Å²) in [7, 11) is -2.75. The quantitative estimate of drug-likeness (QED) is 0.923. The Morgan fingerprint density at radius 1 is 1.39 bits per heavy atom. The Labute approximate surface area is 114 Å². The van der Waals surface area contributed by atoms with Crippen LogP contribution in [0.3, 0.4) is 0 Å². The lowest BCUT2D eigenvalue weighted by Crippen LogP contribution is -2.42. The first-order valence-corrected chi connectivity index (χ1v) is 9.07. The largest absolute Gasteiger partial charge is 0.313 e. The zero-order valence-electron chi connectivity index (χ0n) is 11.0. The molecule has 0 radical (unpaired) electrons. The standard InChI is InChI=1S/C13H21NO2S2/c1-13(2,12-4-3-7-17-12)10-14-11-5-8-18(15,16)9-6-11/h3-4,7,11,14H,5-6,8-10H2,1-2H3. The second-order valence-electron chi connectivity index (χ2n) is 5.67. The highest BCUT2D eigenvalue weighted by molar-refractivity contribution is 7.91. The molecule has 1 aliphatic heterocycles. The summed E-state index contributed by atoms with van der Waals surface area (Å²) in [5.74, 6) is 0.675. The van der Waals surface area contributed by atoms with Crippen molar-refractivity contribution in [3.63, 3.8) is 0 Å². The second-order valence-corrected chi connectivity index (χ2v) is 8.92. The first-order chi connectivity index (χ1) is 8.39. The van der Waals surface area contributed by atoms with E-state index in [9.17, 15) is 8.42 Å². The molecule has 3 nitrogen and oxygen atoms in total. The lowest BCUT2D eigenvalue weighted by molar-refractivity contribution is 0.400. The minimum Gasteiger partial charge on any atom is -0.313 e. The molecule has 1 saturated heterocycles. The minimum atomic E-state index is -2.75. The summed E-state index contributed by atoms with van der Waals surface area (Å²) in [6.45, 7) is 5.36. The molecule has 2 rings (SSSR count). The highest BCUT2D eigenvalue weighted by atomic mass is 32.2. The Bertz CT molecular complexity index is 463. The zero-order valence-corrected chi connectivity index (χ0v) is 12.6. The van der Waals surface area contributed by atoms with E-state index < -0.39 is 9.84 Å². The van der Waals surface area contributed by atoms with Gasteiger partial charge in [0.25, 0.3) is 0 Å². The predicted octanol–water partition coefficient (Wildman–Crippen LogP) is 2.19. The average Bonchev–Trinajstić information content (AvgIpc) is 2.81. The van der Waals surface area contributed by atoms with Crippen LogP contribution >= 0.6 is 11.3 Å². The van der Waals surface area contributed by atoms with Crippen molar-refractivity contribution < 1.29 is 8.42 Å². The van der Waals surface area contributed by atoms with Crippen LogP contribution in [0, 0.1) is 0 Å². The molecule has 0 aromatic carbocycles. The van der Waals surface area contributed by atoms with E-state index in [0.29, 0.717) is 17.5 Å². The van der Waals surface area contributed by atoms with Gasteiger partial charge in [-0.15, -0.1) is 11.3 Å². The predicted molar refractivity (Wildman–Crippen MR) is 77.0 cm³/mol. The van der Waals surface area contributed by atoms with Gasteiger partial charge in [0, 0.05) is 22.9 Å². The molecule has 5 heteroatoms. The van der Waals surface area contributed by atoms with E-state index in [1.54, 1.807) is 11.3 Å². The number of sulfone groups is 1. The summed E-state index contributed by atoms with van der Waals surface area (Å²) in [5, 5.41) is 5.63. The van der Waals surface area contributed by atoms with Crippen LogP contribution in [-0.4, -0.2) is 32.5 Å². The van der Waals surface area contributed by atoms with Gasteiger partial charge in [0.1, 0.15) is 9.84 Å². The number of nitrogens with one attached hydrogen (secondary N) is 1. The van der Waals surface area contributed by atoms with E-state index in [-0.39, 0.29) is 5.41 Å². The van der Waals surface area contributed by atoms with Crippen LogP contribution in [0.2, 0.25) is 0 Å². The molecule has 18 heavy (non-hydrogen) atoms. The molecule has 1 aromatic rings. The number of thiophene rings is 1. The summed E-state index contributed by atoms with van der Waals surface area (Å²) in [6.07, 6.45) is 1.51. The van der Waals surface area contributed by atoms with Gasteiger partial charge in [-0.1, -0.05) is 19.9 Å². The van der Waals surface area contributed by atoms with Crippen molar-refractivity contribution >= 4 is 21.2 Å². The maximum Gasteiger partial charge on any atom is 0.150 e. The highest BCUT2D eigenvalue weighted by Gasteiger charge is 2.26. The van der Waals surface area contributed by atoms with Crippen molar-refractivity contribution in [2.24, 2.45) is 0 Å². The fourth-order valence-electron chi connectivity index (χ4n) is 2.24. The third kappa shape index (κ3) is 3.56. The van der Waals surface area contributed by atoms with E-state index in [0.717, 1.165) is 19.4 Å². The van der Waals surface area contributed by atoms with Crippen molar-refractivity contribution in [2.75, 3.05) is 18.1 Å². The molecular weight excluding hydrogens is 266 g/mol. The maximum atomic E-state index is 11.4. The molecule has 2 heterocycles. The van der Waals surface area contributed by atoms with Crippen LogP contribution in [0.15, 0.2) is 17.5 Å². The monoisotopic (exact) mass is 287 g/mol. The second kappa shape index (κ2) is 5.31. The summed E-state index contributed by atoms with van der Waals surface area (Å²) in [5.41, 5.74) is 0.116. The van der Waals surface area contributed by atoms with E-state index >= 15 is 0 Å². The Kier molecular flexibility index (Phi) is 4.14. The smallest absolute Gasteiger partial charge is 0.150 e. The van der Waals surface area contributed by atoms with Crippen LogP contribution in [0.1, 0.15) is 31.6 Å². The van der Waals surface area contributed by atoms with Gasteiger partial charge < -0.3 is 5.32 Å². The van der Waals surface area contributed by atoms with Gasteiger partial charge in [-0.3, -0.25) is 0 Å². The molecule has 0 amide bonds. The van der Waals surface area contributed by atoms with Crippen molar-refractivity contribution in [1.29, 1.82) is 0 Å². The topological polar surface area (TPSA) is 46.2 Å². The van der Waals surface area contributed by atoms with Crippen molar-refractivity contribution in [1.82, 2.24) is 5.32 Å². The SMILES string of the molecule is CC(C)(CNC1CCS(=O)(=O)CC1)c1cccs1. The Hall–Kier alpha value is -0.390. The fourth-order valence-corrected chi connectivity index (χ4v) is 4.59. The Morgan fingerprint density at radius 3 is 2.61 bits per heavy atom. The van der Waals surface area contributed by atoms with Gasteiger partial charge in [-0.05, 0) is 24.3 Å². The summed E-state index contributed by atoms with van der Waals surface area (Å²) >= 11 is 1.78. The third-order valence-corrected chi connectivity index (χ3v) is 6.53. The van der Waals surface area contributed by atoms with Crippen LogP contribution in [0.5, 0.6) is 0 Å². The van der Waals surface area contributed by atoms with Gasteiger partial charge >= 0.3 is 0 Å². The molecule has 0 bridgehead atoms. The van der Waals surface area contributed by atoms with Crippen LogP contribution < -0.4 is 5.32 Å². The van der Waals surface area contributed by atoms with Gasteiger partial charge in [-0.2, -0.15) is 0 Å². The Morgan fingerprint density at radius 2 is 2.06 bits per heavy atom. The molecule has 0 spiro atoms. The van der Waals surface area contributed by atoms with Crippen LogP contribution in [0.4, 0.5) is 0 Å². The van der Waals surface area contributed by atoms with Crippen LogP contribution in [-0.2, 0) is 15.3 Å². The first kappa shape index (κ1) is 14.0. The number of hydrogen-bond donors (Lipinski definition) is 1. The third-order valence-electron chi connectivity index (χ3n) is 3.58. The van der Waals surface area contributed by atoms with Crippen LogP contribution in [0.25, 0.3) is 0 Å². The van der Waals surface area contributed by atoms with E-state index in [1.165, 1.54) is 4.88 Å². The molecule has 1 N–H and O–H groups in total. The van der Waals surface area contributed by atoms with E-state index in [2.05, 4.69) is 36.7 Å². The van der Waals surface area contributed by atoms with E-state index in [1.807, 2.05) is 0 Å². The molecular formula is C13H21NO2S2. The molecule has 0 saturated carbocycles. The lowest BCUT2D eigenvalue weighted by atomic mass is 9.91. The molecule has 0 unspecified atom stereocenters. The van der Waals surface area contributed by atoms with Gasteiger partial charge in [-0.25, -0.2) is 8.42 Å². The maximum absolute atomic E-state index is 11.4. The highest BCUT2D eigenvalue weighted by Crippen LogP contribution is 2.27. The molecule has 102 valence electrons. The first-order valence-electron chi connectivity index (χ1n) is 6.37. The van der Waals surface area contributed by atoms with Crippen molar-refractivity contribution in [2.45, 2.75) is 38.1 Å². The van der Waals surface area contributed by atoms with Crippen molar-refractivity contribution in [3.05, 3.63) is 22.4 Å². The minimum absolute atomic E-state index is 0.116. The number of rotatable bonds is 4. The molecule has 1 aliphatic rings. The normalized spacial score (nSPS) is 21.0. The van der Waals surface area contributed by atoms with Gasteiger partial charge in [0.05, 0.1) is 11.5 Å². The van der Waals surface area contributed by atoms with Crippen molar-refractivity contribution in [3.8, 4) is 0 Å². The molecule has 0 aliphatic carbocycles. The Balaban J connectivity index is 1.85. The summed E-state index contributed by atoms with van der Waals surface area (Å²) < 4.78 is 22.7.